The van der Waals surface area contributed by atoms with Gasteiger partial charge in [0.1, 0.15) is 5.84 Å². The van der Waals surface area contributed by atoms with Gasteiger partial charge < -0.3 is 9.80 Å². The van der Waals surface area contributed by atoms with Crippen molar-refractivity contribution in [3.8, 4) is 0 Å². The zero-order chi connectivity index (χ0) is 12.2. The first-order valence-corrected chi connectivity index (χ1v) is 4.86. The van der Waals surface area contributed by atoms with Gasteiger partial charge in [0.15, 0.2) is 0 Å². The molecule has 15 heavy (non-hydrogen) atoms. The highest BCUT2D eigenvalue weighted by atomic mass is 16.1. The summed E-state index contributed by atoms with van der Waals surface area (Å²) < 4.78 is 0. The molecule has 0 saturated carbocycles. The second-order valence-electron chi connectivity index (χ2n) is 4.93. The van der Waals surface area contributed by atoms with Crippen molar-refractivity contribution < 1.29 is 4.79 Å². The summed E-state index contributed by atoms with van der Waals surface area (Å²) in [5, 5.41) is 7.69. The number of carbonyl (C=O) groups excluding carboxylic acids is 1. The Morgan fingerprint density at radius 1 is 1.40 bits per heavy atom. The highest BCUT2D eigenvalue weighted by Gasteiger charge is 2.18. The number of rotatable bonds is 4. The molecule has 4 heteroatoms. The van der Waals surface area contributed by atoms with Crippen molar-refractivity contribution in [2.75, 3.05) is 20.6 Å². The summed E-state index contributed by atoms with van der Waals surface area (Å²) in [4.78, 5) is 13.6. The lowest BCUT2D eigenvalue weighted by Gasteiger charge is -2.30. The highest BCUT2D eigenvalue weighted by molar-refractivity contribution is 6.00. The molecule has 86 valence electrons. The molecule has 0 fully saturated rings. The van der Waals surface area contributed by atoms with Crippen LogP contribution in [-0.2, 0) is 4.79 Å². The van der Waals surface area contributed by atoms with Crippen LogP contribution in [-0.4, -0.2) is 42.7 Å². The Labute approximate surface area is 92.1 Å². The first kappa shape index (κ1) is 13.7. The van der Waals surface area contributed by atoms with Gasteiger partial charge >= 0.3 is 0 Å². The number of hydrogen-bond donors (Lipinski definition) is 1. The summed E-state index contributed by atoms with van der Waals surface area (Å²) in [7, 11) is 3.42. The van der Waals surface area contributed by atoms with E-state index in [0.717, 1.165) is 6.54 Å². The molecule has 0 aromatic heterocycles. The van der Waals surface area contributed by atoms with E-state index in [1.54, 1.807) is 7.05 Å². The van der Waals surface area contributed by atoms with Crippen LogP contribution in [0.4, 0.5) is 0 Å². The van der Waals surface area contributed by atoms with Gasteiger partial charge in [-0.1, -0.05) is 27.4 Å². The molecule has 0 saturated heterocycles. The van der Waals surface area contributed by atoms with E-state index in [9.17, 15) is 4.79 Å². The van der Waals surface area contributed by atoms with E-state index in [2.05, 4.69) is 27.4 Å². The Balaban J connectivity index is 4.46. The lowest BCUT2D eigenvalue weighted by molar-refractivity contribution is -0.114. The molecule has 0 aliphatic heterocycles. The fraction of sp³-hybridized carbons (Fsp3) is 0.636. The van der Waals surface area contributed by atoms with Crippen LogP contribution in [0.1, 0.15) is 20.8 Å². The van der Waals surface area contributed by atoms with Gasteiger partial charge in [-0.05, 0) is 5.41 Å². The van der Waals surface area contributed by atoms with E-state index in [4.69, 9.17) is 5.41 Å². The Kier molecular flexibility index (Phi) is 4.52. The Bertz CT molecular complexity index is 265. The standard InChI is InChI=1S/C11H21N3O/c1-9(10(12)14(6)8-15)13(5)7-11(2,3)4/h8,12H,1,7H2,2-6H3. The van der Waals surface area contributed by atoms with E-state index >= 15 is 0 Å². The average Bonchev–Trinajstić information content (AvgIpc) is 2.11. The Morgan fingerprint density at radius 3 is 2.20 bits per heavy atom. The van der Waals surface area contributed by atoms with Crippen molar-refractivity contribution in [2.45, 2.75) is 20.8 Å². The molecule has 0 rings (SSSR count). The molecule has 0 aromatic carbocycles. The number of likely N-dealkylation sites (N-methyl/N-ethyl adjacent to an activating group) is 2. The fourth-order valence-corrected chi connectivity index (χ4v) is 1.24. The Hall–Kier alpha value is -1.32. The number of nitrogens with one attached hydrogen (secondary N) is 1. The molecule has 0 aliphatic carbocycles. The van der Waals surface area contributed by atoms with Gasteiger partial charge in [0.05, 0.1) is 5.70 Å². The van der Waals surface area contributed by atoms with Crippen LogP contribution in [0.2, 0.25) is 0 Å². The van der Waals surface area contributed by atoms with E-state index in [0.29, 0.717) is 12.1 Å². The van der Waals surface area contributed by atoms with Crippen molar-refractivity contribution in [3.05, 3.63) is 12.3 Å². The Morgan fingerprint density at radius 2 is 1.87 bits per heavy atom. The zero-order valence-corrected chi connectivity index (χ0v) is 10.3. The van der Waals surface area contributed by atoms with Gasteiger partial charge in [-0.25, -0.2) is 0 Å². The predicted molar refractivity (Wildman–Crippen MR) is 62.8 cm³/mol. The van der Waals surface area contributed by atoms with Crippen LogP contribution < -0.4 is 0 Å². The third-order valence-corrected chi connectivity index (χ3v) is 1.96. The number of hydrogen-bond acceptors (Lipinski definition) is 3. The van der Waals surface area contributed by atoms with E-state index in [1.807, 2.05) is 11.9 Å². The molecule has 0 aromatic rings. The van der Waals surface area contributed by atoms with Gasteiger partial charge in [-0.15, -0.1) is 0 Å². The molecule has 0 unspecified atom stereocenters. The van der Waals surface area contributed by atoms with Gasteiger partial charge in [0.25, 0.3) is 0 Å². The van der Waals surface area contributed by atoms with Crippen molar-refractivity contribution in [1.29, 1.82) is 5.41 Å². The number of carbonyl (C=O) groups is 1. The van der Waals surface area contributed by atoms with Gasteiger partial charge in [-0.2, -0.15) is 0 Å². The van der Waals surface area contributed by atoms with Gasteiger partial charge in [-0.3, -0.25) is 10.2 Å². The lowest BCUT2D eigenvalue weighted by atomic mass is 9.96. The first-order chi connectivity index (χ1) is 6.69. The van der Waals surface area contributed by atoms with E-state index in [-0.39, 0.29) is 11.3 Å². The summed E-state index contributed by atoms with van der Waals surface area (Å²) in [5.74, 6) is 0.136. The number of amidine groups is 1. The minimum Gasteiger partial charge on any atom is -0.372 e. The van der Waals surface area contributed by atoms with Crippen LogP contribution in [0, 0.1) is 10.8 Å². The second-order valence-corrected chi connectivity index (χ2v) is 4.93. The van der Waals surface area contributed by atoms with Crippen LogP contribution in [0.15, 0.2) is 12.3 Å². The molecule has 0 atom stereocenters. The van der Waals surface area contributed by atoms with E-state index < -0.39 is 0 Å². The summed E-state index contributed by atoms with van der Waals surface area (Å²) in [5.41, 5.74) is 0.692. The normalized spacial score (nSPS) is 10.7. The van der Waals surface area contributed by atoms with Crippen LogP contribution in [0.25, 0.3) is 0 Å². The fourth-order valence-electron chi connectivity index (χ4n) is 1.24. The van der Waals surface area contributed by atoms with Crippen molar-refractivity contribution in [1.82, 2.24) is 9.80 Å². The second kappa shape index (κ2) is 4.96. The van der Waals surface area contributed by atoms with Crippen molar-refractivity contribution >= 4 is 12.2 Å². The maximum absolute atomic E-state index is 10.5. The zero-order valence-electron chi connectivity index (χ0n) is 10.3. The third-order valence-electron chi connectivity index (χ3n) is 1.96. The molecule has 1 amide bonds. The van der Waals surface area contributed by atoms with E-state index in [1.165, 1.54) is 4.90 Å². The first-order valence-electron chi connectivity index (χ1n) is 4.86. The molecular formula is C11H21N3O. The summed E-state index contributed by atoms with van der Waals surface area (Å²) >= 11 is 0. The largest absolute Gasteiger partial charge is 0.372 e. The average molecular weight is 211 g/mol. The molecule has 0 spiro atoms. The van der Waals surface area contributed by atoms with Crippen molar-refractivity contribution in [3.63, 3.8) is 0 Å². The number of nitrogens with zero attached hydrogens (tertiary/aromatic N) is 2. The number of amides is 1. The molecule has 0 radical (unpaired) electrons. The molecule has 0 bridgehead atoms. The summed E-state index contributed by atoms with van der Waals surface area (Å²) in [6.45, 7) is 10.9. The monoisotopic (exact) mass is 211 g/mol. The molecule has 0 aliphatic rings. The highest BCUT2D eigenvalue weighted by Crippen LogP contribution is 2.16. The lowest BCUT2D eigenvalue weighted by Crippen LogP contribution is -2.36. The molecule has 0 heterocycles. The third kappa shape index (κ3) is 4.63. The smallest absolute Gasteiger partial charge is 0.215 e. The minimum absolute atomic E-state index is 0.136. The van der Waals surface area contributed by atoms with Crippen LogP contribution in [0.3, 0.4) is 0 Å². The topological polar surface area (TPSA) is 47.4 Å². The summed E-state index contributed by atoms with van der Waals surface area (Å²) in [6.07, 6.45) is 0.610. The van der Waals surface area contributed by atoms with Crippen LogP contribution in [0.5, 0.6) is 0 Å². The SMILES string of the molecule is C=C(C(=N)N(C)C=O)N(C)CC(C)(C)C. The van der Waals surface area contributed by atoms with Crippen LogP contribution >= 0.6 is 0 Å². The molecule has 4 nitrogen and oxygen atoms in total. The molecular weight excluding hydrogens is 190 g/mol. The summed E-state index contributed by atoms with van der Waals surface area (Å²) in [6, 6.07) is 0. The maximum Gasteiger partial charge on any atom is 0.215 e. The molecule has 1 N–H and O–H groups in total. The predicted octanol–water partition coefficient (Wildman–Crippen LogP) is 1.54. The maximum atomic E-state index is 10.5. The quantitative estimate of drug-likeness (QED) is 0.435. The minimum atomic E-state index is 0.136. The van der Waals surface area contributed by atoms with Gasteiger partial charge in [0, 0.05) is 20.6 Å². The van der Waals surface area contributed by atoms with Gasteiger partial charge in [0.2, 0.25) is 6.41 Å². The van der Waals surface area contributed by atoms with Crippen molar-refractivity contribution in [2.24, 2.45) is 5.41 Å².